The number of carbonyl (C=O) groups is 1. The van der Waals surface area contributed by atoms with Gasteiger partial charge in [-0.05, 0) is 72.8 Å². The summed E-state index contributed by atoms with van der Waals surface area (Å²) >= 11 is 3.93. The maximum absolute atomic E-state index is 12.5. The number of nitrogens with two attached hydrogens (primary N) is 1. The zero-order valence-electron chi connectivity index (χ0n) is 25.1. The summed E-state index contributed by atoms with van der Waals surface area (Å²) < 4.78 is 6.83. The molecule has 5 N–H and O–H groups in total. The summed E-state index contributed by atoms with van der Waals surface area (Å²) in [5.41, 5.74) is 8.69. The molecule has 2 heterocycles. The number of nitrogen functional groups attached to an aromatic ring is 1. The van der Waals surface area contributed by atoms with Gasteiger partial charge in [-0.3, -0.25) is 4.79 Å². The van der Waals surface area contributed by atoms with Crippen molar-refractivity contribution in [2.75, 3.05) is 30.3 Å². The Labute approximate surface area is 257 Å². The lowest BCUT2D eigenvalue weighted by Crippen LogP contribution is -2.45. The highest BCUT2D eigenvalue weighted by Gasteiger charge is 2.41. The number of phenols is 1. The van der Waals surface area contributed by atoms with Crippen LogP contribution in [0, 0.1) is 0 Å². The van der Waals surface area contributed by atoms with Gasteiger partial charge in [-0.25, -0.2) is 4.79 Å². The molecule has 0 radical (unpaired) electrons. The Bertz CT molecular complexity index is 1450. The van der Waals surface area contributed by atoms with Crippen LogP contribution < -0.4 is 11.3 Å². The highest BCUT2D eigenvalue weighted by Crippen LogP contribution is 2.55. The van der Waals surface area contributed by atoms with E-state index in [1.165, 1.54) is 22.6 Å². The Kier molecular flexibility index (Phi) is 9.96. The highest BCUT2D eigenvalue weighted by molar-refractivity contribution is 8.20. The molecule has 1 atom stereocenters. The lowest BCUT2D eigenvalue weighted by Gasteiger charge is -2.40. The Morgan fingerprint density at radius 2 is 1.76 bits per heavy atom. The molecule has 2 aromatic carbocycles. The maximum atomic E-state index is 12.5. The SMILES string of the molecule is CC(C)(C)[Si](C)(C)OC(CN(CCCCC1(c2ccc(N)cc2)SCCS1)C(=O)O)c1ccc(O)c2[nH]c(=O)ccc12. The fourth-order valence-corrected chi connectivity index (χ4v) is 9.65. The minimum absolute atomic E-state index is 0.0302. The van der Waals surface area contributed by atoms with Gasteiger partial charge in [0.2, 0.25) is 5.56 Å². The number of nitrogens with one attached hydrogen (secondary N) is 1. The fourth-order valence-electron chi connectivity index (χ4n) is 5.04. The van der Waals surface area contributed by atoms with E-state index in [0.29, 0.717) is 17.4 Å². The molecular formula is C31H43N3O5S2Si. The number of pyridine rings is 1. The molecule has 1 fully saturated rings. The molecule has 0 saturated carbocycles. The second-order valence-corrected chi connectivity index (χ2v) is 20.2. The second kappa shape index (κ2) is 12.9. The van der Waals surface area contributed by atoms with E-state index in [1.807, 2.05) is 35.7 Å². The molecule has 1 aliphatic heterocycles. The van der Waals surface area contributed by atoms with Gasteiger partial charge in [0.1, 0.15) is 5.75 Å². The van der Waals surface area contributed by atoms with Crippen LogP contribution in [0.5, 0.6) is 5.75 Å². The molecule has 1 aliphatic rings. The van der Waals surface area contributed by atoms with E-state index in [2.05, 4.69) is 51.0 Å². The van der Waals surface area contributed by atoms with Crippen LogP contribution in [-0.4, -0.2) is 59.1 Å². The van der Waals surface area contributed by atoms with E-state index in [0.717, 1.165) is 42.0 Å². The van der Waals surface area contributed by atoms with Gasteiger partial charge < -0.3 is 30.3 Å². The van der Waals surface area contributed by atoms with Gasteiger partial charge in [0.25, 0.3) is 0 Å². The number of carboxylic acid groups (broad SMARTS) is 1. The number of amides is 1. The number of hydrogen-bond donors (Lipinski definition) is 4. The van der Waals surface area contributed by atoms with Gasteiger partial charge in [0.05, 0.1) is 22.2 Å². The first-order valence-corrected chi connectivity index (χ1v) is 19.2. The van der Waals surface area contributed by atoms with E-state index in [9.17, 15) is 19.8 Å². The molecule has 0 aliphatic carbocycles. The van der Waals surface area contributed by atoms with Crippen molar-refractivity contribution in [3.63, 3.8) is 0 Å². The third kappa shape index (κ3) is 7.30. The van der Waals surface area contributed by atoms with E-state index >= 15 is 0 Å². The number of unbranched alkanes of at least 4 members (excludes halogenated alkanes) is 1. The summed E-state index contributed by atoms with van der Waals surface area (Å²) in [5.74, 6) is 2.15. The first kappa shape index (κ1) is 32.3. The topological polar surface area (TPSA) is 129 Å². The van der Waals surface area contributed by atoms with Crippen molar-refractivity contribution in [1.29, 1.82) is 0 Å². The summed E-state index contributed by atoms with van der Waals surface area (Å²) in [6.07, 6.45) is 0.983. The predicted molar refractivity (Wildman–Crippen MR) is 178 cm³/mol. The lowest BCUT2D eigenvalue weighted by atomic mass is 10.0. The quantitative estimate of drug-likeness (QED) is 0.0984. The first-order valence-electron chi connectivity index (χ1n) is 14.4. The molecule has 0 bridgehead atoms. The van der Waals surface area contributed by atoms with Crippen LogP contribution in [0.15, 0.2) is 53.3 Å². The van der Waals surface area contributed by atoms with Gasteiger partial charge >= 0.3 is 6.09 Å². The molecule has 1 aromatic heterocycles. The van der Waals surface area contributed by atoms with Crippen LogP contribution in [-0.2, 0) is 8.51 Å². The van der Waals surface area contributed by atoms with Crippen LogP contribution in [0.3, 0.4) is 0 Å². The van der Waals surface area contributed by atoms with Gasteiger partial charge in [-0.2, -0.15) is 0 Å². The third-order valence-corrected chi connectivity index (χ3v) is 16.5. The van der Waals surface area contributed by atoms with Crippen LogP contribution in [0.1, 0.15) is 57.3 Å². The van der Waals surface area contributed by atoms with Gasteiger partial charge in [-0.1, -0.05) is 39.0 Å². The van der Waals surface area contributed by atoms with Crippen molar-refractivity contribution in [2.24, 2.45) is 0 Å². The second-order valence-electron chi connectivity index (χ2n) is 12.4. The molecule has 11 heteroatoms. The summed E-state index contributed by atoms with van der Waals surface area (Å²) in [6, 6.07) is 14.5. The van der Waals surface area contributed by atoms with Gasteiger partial charge in [0.15, 0.2) is 8.32 Å². The minimum atomic E-state index is -2.34. The summed E-state index contributed by atoms with van der Waals surface area (Å²) in [7, 11) is -2.34. The predicted octanol–water partition coefficient (Wildman–Crippen LogP) is 7.36. The number of nitrogens with zero attached hydrogens (tertiary/aromatic N) is 1. The standard InChI is InChI=1S/C31H43N3O5S2Si/c1-30(2,3)42(4,5)39-26(23-12-14-25(35)28-24(23)13-15-27(36)33-28)20-34(29(37)38)17-7-6-16-31(40-18-19-41-31)21-8-10-22(32)11-9-21/h8-15,26,35H,6-7,16-20,32H2,1-5H3,(H,33,36)(H,37,38). The van der Waals surface area contributed by atoms with Crippen LogP contribution in [0.4, 0.5) is 10.5 Å². The average Bonchev–Trinajstić information content (AvgIpc) is 3.40. The zero-order valence-corrected chi connectivity index (χ0v) is 27.7. The fraction of sp³-hybridized carbons (Fsp3) is 0.484. The minimum Gasteiger partial charge on any atom is -0.506 e. The zero-order chi connectivity index (χ0) is 30.7. The van der Waals surface area contributed by atoms with Crippen molar-refractivity contribution < 1.29 is 19.4 Å². The van der Waals surface area contributed by atoms with Crippen molar-refractivity contribution >= 4 is 54.5 Å². The monoisotopic (exact) mass is 629 g/mol. The van der Waals surface area contributed by atoms with Crippen molar-refractivity contribution in [2.45, 2.75) is 68.3 Å². The molecule has 3 aromatic rings. The number of aromatic nitrogens is 1. The number of aromatic hydroxyl groups is 1. The van der Waals surface area contributed by atoms with E-state index in [4.69, 9.17) is 10.2 Å². The number of phenolic OH excluding ortho intramolecular Hbond substituents is 1. The molecule has 1 amide bonds. The molecule has 4 rings (SSSR count). The number of benzene rings is 2. The summed E-state index contributed by atoms with van der Waals surface area (Å²) in [4.78, 5) is 28.7. The molecule has 8 nitrogen and oxygen atoms in total. The number of fused-ring (bicyclic) bond motifs is 1. The van der Waals surface area contributed by atoms with Gasteiger partial charge in [0, 0.05) is 35.2 Å². The van der Waals surface area contributed by atoms with Gasteiger partial charge in [-0.15, -0.1) is 23.5 Å². The van der Waals surface area contributed by atoms with E-state index in [1.54, 1.807) is 12.1 Å². The molecule has 228 valence electrons. The van der Waals surface area contributed by atoms with E-state index < -0.39 is 20.5 Å². The maximum Gasteiger partial charge on any atom is 0.407 e. The lowest BCUT2D eigenvalue weighted by molar-refractivity contribution is 0.101. The molecule has 0 spiro atoms. The first-order chi connectivity index (χ1) is 19.7. The van der Waals surface area contributed by atoms with E-state index in [-0.39, 0.29) is 27.0 Å². The normalized spacial score (nSPS) is 16.0. The largest absolute Gasteiger partial charge is 0.506 e. The van der Waals surface area contributed by atoms with Crippen molar-refractivity contribution in [3.8, 4) is 5.75 Å². The smallest absolute Gasteiger partial charge is 0.407 e. The van der Waals surface area contributed by atoms with Crippen LogP contribution in [0.2, 0.25) is 18.1 Å². The summed E-state index contributed by atoms with van der Waals surface area (Å²) in [5, 5.41) is 21.3. The molecule has 42 heavy (non-hydrogen) atoms. The molecule has 1 saturated heterocycles. The number of aromatic amines is 1. The Morgan fingerprint density at radius 3 is 2.38 bits per heavy atom. The van der Waals surface area contributed by atoms with Crippen molar-refractivity contribution in [3.05, 3.63) is 70.0 Å². The van der Waals surface area contributed by atoms with Crippen LogP contribution >= 0.6 is 23.5 Å². The average molecular weight is 630 g/mol. The summed E-state index contributed by atoms with van der Waals surface area (Å²) in [6.45, 7) is 11.3. The van der Waals surface area contributed by atoms with Crippen LogP contribution in [0.25, 0.3) is 10.9 Å². The number of anilines is 1. The van der Waals surface area contributed by atoms with Crippen molar-refractivity contribution in [1.82, 2.24) is 9.88 Å². The number of H-pyrrole nitrogens is 1. The number of hydrogen-bond acceptors (Lipinski definition) is 7. The number of thioether (sulfide) groups is 2. The number of rotatable bonds is 11. The Hall–Kier alpha value is -2.60. The Balaban J connectivity index is 1.55. The third-order valence-electron chi connectivity index (χ3n) is 8.44. The highest BCUT2D eigenvalue weighted by atomic mass is 32.2. The Morgan fingerprint density at radius 1 is 1.10 bits per heavy atom. The molecular weight excluding hydrogens is 587 g/mol. The molecule has 1 unspecified atom stereocenters.